The van der Waals surface area contributed by atoms with Crippen molar-refractivity contribution >= 4 is 27.5 Å². The molecule has 0 spiro atoms. The van der Waals surface area contributed by atoms with E-state index >= 15 is 0 Å². The highest BCUT2D eigenvalue weighted by molar-refractivity contribution is 9.10. The fourth-order valence-corrected chi connectivity index (χ4v) is 2.40. The number of anilines is 1. The minimum absolute atomic E-state index is 0.137. The predicted octanol–water partition coefficient (Wildman–Crippen LogP) is 3.44. The van der Waals surface area contributed by atoms with E-state index in [0.717, 1.165) is 10.0 Å². The van der Waals surface area contributed by atoms with Gasteiger partial charge < -0.3 is 10.6 Å². The van der Waals surface area contributed by atoms with Crippen LogP contribution in [0.3, 0.4) is 0 Å². The number of carbonyl (C=O) groups is 1. The Hall–Kier alpha value is -1.88. The van der Waals surface area contributed by atoms with E-state index in [-0.39, 0.29) is 11.7 Å². The molecule has 20 heavy (non-hydrogen) atoms. The van der Waals surface area contributed by atoms with Gasteiger partial charge in [0, 0.05) is 29.3 Å². The SMILES string of the molecule is CN(Cc1ccc(F)cc1)C(=O)c1cc(N)cc(Br)c1. The molecule has 0 saturated carbocycles. The highest BCUT2D eigenvalue weighted by atomic mass is 79.9. The van der Waals surface area contributed by atoms with Crippen LogP contribution in [-0.4, -0.2) is 17.9 Å². The molecule has 0 aliphatic rings. The number of nitrogen functional groups attached to an aromatic ring is 1. The van der Waals surface area contributed by atoms with Crippen LogP contribution in [0.15, 0.2) is 46.9 Å². The molecule has 3 nitrogen and oxygen atoms in total. The second kappa shape index (κ2) is 6.05. The van der Waals surface area contributed by atoms with Crippen molar-refractivity contribution in [2.24, 2.45) is 0 Å². The third kappa shape index (κ3) is 3.57. The van der Waals surface area contributed by atoms with Crippen molar-refractivity contribution in [1.82, 2.24) is 4.90 Å². The fraction of sp³-hybridized carbons (Fsp3) is 0.133. The summed E-state index contributed by atoms with van der Waals surface area (Å²) in [5, 5.41) is 0. The minimum Gasteiger partial charge on any atom is -0.399 e. The number of benzene rings is 2. The van der Waals surface area contributed by atoms with Crippen molar-refractivity contribution < 1.29 is 9.18 Å². The second-order valence-electron chi connectivity index (χ2n) is 4.56. The lowest BCUT2D eigenvalue weighted by molar-refractivity contribution is 0.0785. The van der Waals surface area contributed by atoms with Crippen molar-refractivity contribution in [1.29, 1.82) is 0 Å². The molecule has 0 bridgehead atoms. The molecule has 0 aromatic heterocycles. The maximum atomic E-state index is 12.8. The van der Waals surface area contributed by atoms with Gasteiger partial charge in [-0.1, -0.05) is 28.1 Å². The fourth-order valence-electron chi connectivity index (χ4n) is 1.89. The molecule has 0 atom stereocenters. The Bertz CT molecular complexity index is 608. The van der Waals surface area contributed by atoms with Gasteiger partial charge in [0.25, 0.3) is 5.91 Å². The van der Waals surface area contributed by atoms with Crippen LogP contribution in [0.4, 0.5) is 10.1 Å². The zero-order chi connectivity index (χ0) is 14.7. The summed E-state index contributed by atoms with van der Waals surface area (Å²) < 4.78 is 13.6. The van der Waals surface area contributed by atoms with E-state index in [9.17, 15) is 9.18 Å². The van der Waals surface area contributed by atoms with E-state index in [1.54, 1.807) is 42.3 Å². The molecule has 0 heterocycles. The van der Waals surface area contributed by atoms with E-state index in [1.165, 1.54) is 12.1 Å². The van der Waals surface area contributed by atoms with Gasteiger partial charge in [-0.3, -0.25) is 4.79 Å². The number of nitrogens with two attached hydrogens (primary N) is 1. The smallest absolute Gasteiger partial charge is 0.254 e. The number of rotatable bonds is 3. The molecule has 2 N–H and O–H groups in total. The van der Waals surface area contributed by atoms with E-state index in [0.29, 0.717) is 17.8 Å². The molecule has 2 aromatic rings. The van der Waals surface area contributed by atoms with Gasteiger partial charge in [0.15, 0.2) is 0 Å². The molecule has 0 fully saturated rings. The number of hydrogen-bond acceptors (Lipinski definition) is 2. The van der Waals surface area contributed by atoms with Gasteiger partial charge in [-0.25, -0.2) is 4.39 Å². The quantitative estimate of drug-likeness (QED) is 0.872. The van der Waals surface area contributed by atoms with E-state index in [4.69, 9.17) is 5.73 Å². The summed E-state index contributed by atoms with van der Waals surface area (Å²) in [4.78, 5) is 13.9. The molecule has 2 rings (SSSR count). The van der Waals surface area contributed by atoms with Crippen molar-refractivity contribution in [3.63, 3.8) is 0 Å². The molecule has 0 unspecified atom stereocenters. The summed E-state index contributed by atoms with van der Waals surface area (Å²) in [5.74, 6) is -0.426. The summed E-state index contributed by atoms with van der Waals surface area (Å²) in [6.45, 7) is 0.408. The third-order valence-electron chi connectivity index (χ3n) is 2.85. The average Bonchev–Trinajstić information content (AvgIpc) is 2.39. The summed E-state index contributed by atoms with van der Waals surface area (Å²) in [5.41, 5.74) is 7.63. The van der Waals surface area contributed by atoms with Gasteiger partial charge in [-0.2, -0.15) is 0 Å². The molecule has 0 aliphatic heterocycles. The third-order valence-corrected chi connectivity index (χ3v) is 3.30. The lowest BCUT2D eigenvalue weighted by Crippen LogP contribution is -2.26. The first-order valence-corrected chi connectivity index (χ1v) is 6.81. The van der Waals surface area contributed by atoms with Gasteiger partial charge in [-0.15, -0.1) is 0 Å². The van der Waals surface area contributed by atoms with Crippen LogP contribution in [0.5, 0.6) is 0 Å². The topological polar surface area (TPSA) is 46.3 Å². The number of hydrogen-bond donors (Lipinski definition) is 1. The molecular weight excluding hydrogens is 323 g/mol. The van der Waals surface area contributed by atoms with Crippen LogP contribution >= 0.6 is 15.9 Å². The summed E-state index contributed by atoms with van der Waals surface area (Å²) >= 11 is 3.31. The van der Waals surface area contributed by atoms with Gasteiger partial charge in [0.05, 0.1) is 0 Å². The Morgan fingerprint density at radius 1 is 1.25 bits per heavy atom. The van der Waals surface area contributed by atoms with Crippen molar-refractivity contribution in [3.8, 4) is 0 Å². The molecule has 1 amide bonds. The Morgan fingerprint density at radius 3 is 2.50 bits per heavy atom. The van der Waals surface area contributed by atoms with Crippen LogP contribution < -0.4 is 5.73 Å². The monoisotopic (exact) mass is 336 g/mol. The zero-order valence-corrected chi connectivity index (χ0v) is 12.5. The van der Waals surface area contributed by atoms with Gasteiger partial charge >= 0.3 is 0 Å². The number of carbonyl (C=O) groups excluding carboxylic acids is 1. The average molecular weight is 337 g/mol. The Kier molecular flexibility index (Phi) is 4.39. The first-order valence-electron chi connectivity index (χ1n) is 6.01. The van der Waals surface area contributed by atoms with Crippen LogP contribution in [0.1, 0.15) is 15.9 Å². The first kappa shape index (κ1) is 14.5. The number of halogens is 2. The van der Waals surface area contributed by atoms with Gasteiger partial charge in [0.1, 0.15) is 5.82 Å². The molecule has 0 aliphatic carbocycles. The number of amides is 1. The summed E-state index contributed by atoms with van der Waals surface area (Å²) in [6.07, 6.45) is 0. The largest absolute Gasteiger partial charge is 0.399 e. The van der Waals surface area contributed by atoms with Crippen molar-refractivity contribution in [3.05, 3.63) is 63.9 Å². The molecular formula is C15H14BrFN2O. The van der Waals surface area contributed by atoms with Crippen LogP contribution in [0.25, 0.3) is 0 Å². The lowest BCUT2D eigenvalue weighted by atomic mass is 10.1. The first-order chi connectivity index (χ1) is 9.45. The molecule has 0 radical (unpaired) electrons. The van der Waals surface area contributed by atoms with Crippen LogP contribution in [0, 0.1) is 5.82 Å². The maximum absolute atomic E-state index is 12.8. The van der Waals surface area contributed by atoms with Crippen molar-refractivity contribution in [2.75, 3.05) is 12.8 Å². The second-order valence-corrected chi connectivity index (χ2v) is 5.48. The molecule has 5 heteroatoms. The highest BCUT2D eigenvalue weighted by Gasteiger charge is 2.13. The highest BCUT2D eigenvalue weighted by Crippen LogP contribution is 2.19. The Morgan fingerprint density at radius 2 is 1.90 bits per heavy atom. The lowest BCUT2D eigenvalue weighted by Gasteiger charge is -2.17. The van der Waals surface area contributed by atoms with Crippen LogP contribution in [0.2, 0.25) is 0 Å². The normalized spacial score (nSPS) is 10.3. The summed E-state index contributed by atoms with van der Waals surface area (Å²) in [7, 11) is 1.70. The Labute approximate surface area is 125 Å². The van der Waals surface area contributed by atoms with Gasteiger partial charge in [-0.05, 0) is 35.9 Å². The molecule has 2 aromatic carbocycles. The maximum Gasteiger partial charge on any atom is 0.254 e. The standard InChI is InChI=1S/C15H14BrFN2O/c1-19(9-10-2-4-13(17)5-3-10)15(20)11-6-12(16)8-14(18)7-11/h2-8H,9,18H2,1H3. The van der Waals surface area contributed by atoms with Crippen molar-refractivity contribution in [2.45, 2.75) is 6.54 Å². The number of nitrogens with zero attached hydrogens (tertiary/aromatic N) is 1. The molecule has 0 saturated heterocycles. The zero-order valence-electron chi connectivity index (χ0n) is 10.9. The predicted molar refractivity (Wildman–Crippen MR) is 80.8 cm³/mol. The van der Waals surface area contributed by atoms with E-state index in [2.05, 4.69) is 15.9 Å². The molecule has 104 valence electrons. The van der Waals surface area contributed by atoms with Gasteiger partial charge in [0.2, 0.25) is 0 Å². The minimum atomic E-state index is -0.289. The van der Waals surface area contributed by atoms with Crippen LogP contribution in [-0.2, 0) is 6.54 Å². The van der Waals surface area contributed by atoms with E-state index < -0.39 is 0 Å². The Balaban J connectivity index is 2.14. The summed E-state index contributed by atoms with van der Waals surface area (Å²) in [6, 6.07) is 11.2. The van der Waals surface area contributed by atoms with E-state index in [1.807, 2.05) is 0 Å².